The van der Waals surface area contributed by atoms with Gasteiger partial charge < -0.3 is 0 Å². The highest BCUT2D eigenvalue weighted by atomic mass is 14.7. The van der Waals surface area contributed by atoms with Crippen molar-refractivity contribution in [2.45, 2.75) is 23.7 Å². The summed E-state index contributed by atoms with van der Waals surface area (Å²) in [7, 11) is 0. The van der Waals surface area contributed by atoms with Crippen LogP contribution < -0.4 is 0 Å². The van der Waals surface area contributed by atoms with E-state index < -0.39 is 10.8 Å². The molecule has 1 fully saturated rings. The minimum atomic E-state index is -0.775. The number of nitriles is 2. The molecule has 2 nitrogen and oxygen atoms in total. The van der Waals surface area contributed by atoms with Crippen LogP contribution in [0.2, 0.25) is 0 Å². The average molecular weight is 364 g/mol. The van der Waals surface area contributed by atoms with Gasteiger partial charge in [-0.1, -0.05) is 85.0 Å². The van der Waals surface area contributed by atoms with Gasteiger partial charge in [0.05, 0.1) is 23.0 Å². The Hall–Kier alpha value is -3.36. The molecule has 4 atom stereocenters. The lowest BCUT2D eigenvalue weighted by Gasteiger charge is -2.31. The number of hydrogen-bond donors (Lipinski definition) is 0. The van der Waals surface area contributed by atoms with Gasteiger partial charge in [0.2, 0.25) is 0 Å². The Morgan fingerprint density at radius 1 is 0.750 bits per heavy atom. The molecule has 0 aromatic heterocycles. The lowest BCUT2D eigenvalue weighted by atomic mass is 9.68. The lowest BCUT2D eigenvalue weighted by molar-refractivity contribution is 0.382. The molecule has 0 aliphatic heterocycles. The van der Waals surface area contributed by atoms with E-state index >= 15 is 0 Å². The van der Waals surface area contributed by atoms with Gasteiger partial charge in [-0.25, -0.2) is 0 Å². The minimum absolute atomic E-state index is 0.113. The van der Waals surface area contributed by atoms with Crippen LogP contribution in [-0.4, -0.2) is 0 Å². The highest BCUT2D eigenvalue weighted by molar-refractivity contribution is 5.53. The fourth-order valence-corrected chi connectivity index (χ4v) is 4.65. The average Bonchev–Trinajstić information content (AvgIpc) is 3.43. The number of benzene rings is 2. The third-order valence-corrected chi connectivity index (χ3v) is 5.99. The van der Waals surface area contributed by atoms with Gasteiger partial charge in [-0.2, -0.15) is 10.5 Å². The molecule has 28 heavy (non-hydrogen) atoms. The van der Waals surface area contributed by atoms with Gasteiger partial charge in [-0.05, 0) is 24.0 Å². The Morgan fingerprint density at radius 3 is 1.39 bits per heavy atom. The molecule has 0 N–H and O–H groups in total. The number of rotatable bonds is 8. The van der Waals surface area contributed by atoms with Crippen molar-refractivity contribution in [1.29, 1.82) is 10.5 Å². The summed E-state index contributed by atoms with van der Waals surface area (Å²) < 4.78 is 0. The second-order valence-electron chi connectivity index (χ2n) is 7.41. The van der Waals surface area contributed by atoms with Gasteiger partial charge in [-0.3, -0.25) is 0 Å². The Balaban J connectivity index is 2.14. The molecule has 138 valence electrons. The molecule has 1 saturated carbocycles. The van der Waals surface area contributed by atoms with E-state index in [1.54, 1.807) is 12.2 Å². The first-order valence-corrected chi connectivity index (χ1v) is 9.45. The molecule has 0 amide bonds. The number of hydrogen-bond acceptors (Lipinski definition) is 2. The molecular weight excluding hydrogens is 340 g/mol. The first kappa shape index (κ1) is 19.4. The van der Waals surface area contributed by atoms with Crippen LogP contribution in [0.25, 0.3) is 0 Å². The van der Waals surface area contributed by atoms with Crippen molar-refractivity contribution in [3.63, 3.8) is 0 Å². The maximum Gasteiger partial charge on any atom is 0.0927 e. The van der Waals surface area contributed by atoms with E-state index in [1.807, 2.05) is 60.7 Å². The Labute approximate surface area is 167 Å². The summed E-state index contributed by atoms with van der Waals surface area (Å²) in [4.78, 5) is 0. The predicted molar refractivity (Wildman–Crippen MR) is 113 cm³/mol. The standard InChI is InChI=1S/C26H24N2/c1-4-16-25(18-27,21-12-8-6-9-13-21)23-20(3)24(23)26(19-28,17-5-2)22-14-10-7-11-15-22/h4-15,23-24H,1-3,16-17H2. The van der Waals surface area contributed by atoms with E-state index in [9.17, 15) is 10.5 Å². The summed E-state index contributed by atoms with van der Waals surface area (Å²) in [6.07, 6.45) is 4.61. The van der Waals surface area contributed by atoms with Crippen LogP contribution in [0.15, 0.2) is 98.1 Å². The third kappa shape index (κ3) is 2.88. The highest BCUT2D eigenvalue weighted by Crippen LogP contribution is 2.65. The molecule has 1 aliphatic carbocycles. The smallest absolute Gasteiger partial charge is 0.0927 e. The van der Waals surface area contributed by atoms with Gasteiger partial charge >= 0.3 is 0 Å². The summed E-state index contributed by atoms with van der Waals surface area (Å²) in [6.45, 7) is 12.1. The zero-order valence-electron chi connectivity index (χ0n) is 16.0. The largest absolute Gasteiger partial charge is 0.197 e. The van der Waals surface area contributed by atoms with Crippen molar-refractivity contribution in [3.8, 4) is 12.1 Å². The molecule has 1 aliphatic rings. The van der Waals surface area contributed by atoms with Crippen LogP contribution in [0, 0.1) is 34.5 Å². The molecule has 2 aromatic carbocycles. The molecule has 4 unspecified atom stereocenters. The van der Waals surface area contributed by atoms with E-state index in [4.69, 9.17) is 0 Å². The van der Waals surface area contributed by atoms with Crippen molar-refractivity contribution >= 4 is 0 Å². The van der Waals surface area contributed by atoms with Gasteiger partial charge in [0.25, 0.3) is 0 Å². The van der Waals surface area contributed by atoms with Crippen LogP contribution in [-0.2, 0) is 10.8 Å². The summed E-state index contributed by atoms with van der Waals surface area (Å²) in [5.41, 5.74) is 1.31. The zero-order valence-corrected chi connectivity index (χ0v) is 16.0. The molecule has 0 bridgehead atoms. The maximum absolute atomic E-state index is 10.3. The lowest BCUT2D eigenvalue weighted by Crippen LogP contribution is -2.33. The van der Waals surface area contributed by atoms with E-state index in [1.165, 1.54) is 0 Å². The van der Waals surface area contributed by atoms with E-state index in [-0.39, 0.29) is 11.8 Å². The summed E-state index contributed by atoms with van der Waals surface area (Å²) in [6, 6.07) is 24.8. The van der Waals surface area contributed by atoms with Gasteiger partial charge in [0, 0.05) is 11.8 Å². The molecule has 0 radical (unpaired) electrons. The second-order valence-corrected chi connectivity index (χ2v) is 7.41. The third-order valence-electron chi connectivity index (χ3n) is 5.99. The van der Waals surface area contributed by atoms with Crippen molar-refractivity contribution in [3.05, 3.63) is 109 Å². The molecule has 2 aromatic rings. The van der Waals surface area contributed by atoms with Gasteiger partial charge in [0.1, 0.15) is 0 Å². The molecule has 0 saturated heterocycles. The quantitative estimate of drug-likeness (QED) is 0.550. The molecular formula is C26H24N2. The van der Waals surface area contributed by atoms with Gasteiger partial charge in [0.15, 0.2) is 0 Å². The minimum Gasteiger partial charge on any atom is -0.197 e. The summed E-state index contributed by atoms with van der Waals surface area (Å²) in [5, 5.41) is 20.6. The number of nitrogens with zero attached hydrogens (tertiary/aromatic N) is 2. The Kier molecular flexibility index (Phi) is 5.34. The summed E-state index contributed by atoms with van der Waals surface area (Å²) in [5.74, 6) is -0.226. The van der Waals surface area contributed by atoms with E-state index in [0.29, 0.717) is 12.8 Å². The highest BCUT2D eigenvalue weighted by Gasteiger charge is 2.64. The normalized spacial score (nSPS) is 22.0. The monoisotopic (exact) mass is 364 g/mol. The zero-order chi connectivity index (χ0) is 20.2. The van der Waals surface area contributed by atoms with Crippen LogP contribution in [0.4, 0.5) is 0 Å². The topological polar surface area (TPSA) is 47.6 Å². The van der Waals surface area contributed by atoms with Gasteiger partial charge in [-0.15, -0.1) is 13.2 Å². The van der Waals surface area contributed by atoms with Crippen LogP contribution >= 0.6 is 0 Å². The number of allylic oxidation sites excluding steroid dienone is 3. The van der Waals surface area contributed by atoms with Crippen molar-refractivity contribution in [1.82, 2.24) is 0 Å². The van der Waals surface area contributed by atoms with Crippen LogP contribution in [0.1, 0.15) is 24.0 Å². The van der Waals surface area contributed by atoms with Crippen LogP contribution in [0.3, 0.4) is 0 Å². The first-order valence-electron chi connectivity index (χ1n) is 9.45. The predicted octanol–water partition coefficient (Wildman–Crippen LogP) is 5.86. The van der Waals surface area contributed by atoms with E-state index in [0.717, 1.165) is 16.7 Å². The molecule has 0 spiro atoms. The van der Waals surface area contributed by atoms with Crippen LogP contribution in [0.5, 0.6) is 0 Å². The van der Waals surface area contributed by atoms with E-state index in [2.05, 4.69) is 31.9 Å². The van der Waals surface area contributed by atoms with Crippen molar-refractivity contribution in [2.24, 2.45) is 11.8 Å². The second kappa shape index (κ2) is 7.71. The molecule has 3 rings (SSSR count). The Bertz CT molecular complexity index is 881. The maximum atomic E-state index is 10.3. The van der Waals surface area contributed by atoms with Crippen molar-refractivity contribution < 1.29 is 0 Å². The first-order chi connectivity index (χ1) is 13.6. The van der Waals surface area contributed by atoms with Crippen molar-refractivity contribution in [2.75, 3.05) is 0 Å². The summed E-state index contributed by atoms with van der Waals surface area (Å²) >= 11 is 0. The Morgan fingerprint density at radius 2 is 1.11 bits per heavy atom. The SMILES string of the molecule is C=CCC(C#N)(c1ccccc1)C1C(=C)C1C(C#N)(CC=C)c1ccccc1. The fourth-order valence-electron chi connectivity index (χ4n) is 4.65. The molecule has 0 heterocycles. The fraction of sp³-hybridized carbons (Fsp3) is 0.231. The molecule has 2 heteroatoms.